The third kappa shape index (κ3) is 21.2. The number of rotatable bonds is 34. The Hall–Kier alpha value is -8.59. The van der Waals surface area contributed by atoms with Crippen LogP contribution in [0.5, 0.6) is 5.75 Å². The highest BCUT2D eigenvalue weighted by Gasteiger charge is 2.47. The summed E-state index contributed by atoms with van der Waals surface area (Å²) in [5, 5.41) is 23.6. The van der Waals surface area contributed by atoms with E-state index < -0.39 is 89.0 Å². The Morgan fingerprint density at radius 3 is 1.98 bits per heavy atom. The number of aromatic nitrogens is 2. The predicted molar refractivity (Wildman–Crippen MR) is 373 cm³/mol. The zero-order valence-electron chi connectivity index (χ0n) is 55.3. The Morgan fingerprint density at radius 2 is 1.35 bits per heavy atom. The van der Waals surface area contributed by atoms with Crippen molar-refractivity contribution in [2.45, 2.75) is 157 Å². The molecule has 4 aromatic carbocycles. The van der Waals surface area contributed by atoms with Crippen LogP contribution in [0.4, 0.5) is 8.78 Å². The molecule has 1 fully saturated rings. The normalized spacial score (nSPS) is 18.3. The number of nitrogens with two attached hydrogens (primary N) is 1. The Morgan fingerprint density at radius 1 is 0.732 bits per heavy atom. The summed E-state index contributed by atoms with van der Waals surface area (Å²) in [7, 11) is 3.36. The Bertz CT molecular complexity index is 3740. The lowest BCUT2D eigenvalue weighted by Gasteiger charge is -2.36. The van der Waals surface area contributed by atoms with Crippen LogP contribution in [0.1, 0.15) is 106 Å². The molecule has 12 N–H and O–H groups in total. The van der Waals surface area contributed by atoms with Gasteiger partial charge in [-0.15, -0.1) is 0 Å². The van der Waals surface area contributed by atoms with Gasteiger partial charge in [0.25, 0.3) is 0 Å². The first kappa shape index (κ1) is 74.2. The minimum absolute atomic E-state index is 0.0872. The topological polar surface area (TPSA) is 320 Å². The molecule has 8 amide bonds. The fourth-order valence-corrected chi connectivity index (χ4v) is 13.8. The predicted octanol–water partition coefficient (Wildman–Crippen LogP) is 5.99. The number of methoxy groups -OCH3 is 1. The van der Waals surface area contributed by atoms with Crippen molar-refractivity contribution in [3.05, 3.63) is 149 Å². The maximum Gasteiger partial charge on any atom is 0.245 e. The van der Waals surface area contributed by atoms with Crippen molar-refractivity contribution in [2.24, 2.45) is 5.73 Å². The third-order valence-corrected chi connectivity index (χ3v) is 19.7. The molecule has 4 heterocycles. The lowest BCUT2D eigenvalue weighted by molar-refractivity contribution is -0.145. The third-order valence-electron chi connectivity index (χ3n) is 17.7. The lowest BCUT2D eigenvalue weighted by atomic mass is 9.96. The second kappa shape index (κ2) is 36.7. The first-order valence-electron chi connectivity index (χ1n) is 33.1. The number of unbranched alkanes of at least 4 members (excludes halogenated alkanes) is 1. The van der Waals surface area contributed by atoms with E-state index in [0.29, 0.717) is 127 Å². The van der Waals surface area contributed by atoms with Crippen LogP contribution in [-0.4, -0.2) is 162 Å². The molecule has 0 spiro atoms. The molecule has 8 atom stereocenters. The number of H-pyrrole nitrogens is 2. The number of benzene rings is 4. The van der Waals surface area contributed by atoms with Gasteiger partial charge in [0.2, 0.25) is 47.3 Å². The van der Waals surface area contributed by atoms with Crippen molar-refractivity contribution in [1.29, 1.82) is 0 Å². The number of likely N-dealkylation sites (tertiary alicyclic amines) is 1. The summed E-state index contributed by atoms with van der Waals surface area (Å²) >= 11 is 3.24. The van der Waals surface area contributed by atoms with E-state index in [1.807, 2.05) is 61.5 Å². The molecule has 520 valence electrons. The van der Waals surface area contributed by atoms with Crippen LogP contribution in [0.3, 0.4) is 0 Å². The fraction of sp³-hybridized carbons (Fsp3) is 0.451. The molecular formula is C71H90F2N12O10S2. The summed E-state index contributed by atoms with van der Waals surface area (Å²) < 4.78 is 34.7. The van der Waals surface area contributed by atoms with Gasteiger partial charge in [-0.05, 0) is 168 Å². The molecule has 2 aliphatic heterocycles. The minimum Gasteiger partial charge on any atom is -0.497 e. The molecule has 26 heteroatoms. The first-order valence-corrected chi connectivity index (χ1v) is 35.4. The van der Waals surface area contributed by atoms with E-state index in [1.54, 1.807) is 55.0 Å². The quantitative estimate of drug-likeness (QED) is 0.0126. The van der Waals surface area contributed by atoms with Crippen molar-refractivity contribution in [3.63, 3.8) is 0 Å². The SMILES string of the molecule is CN[C@@H](Cc1ccc(OC)cc1)C(=O)N1CCC[C@@]1(C)C(=O)NCCSCc1cccc(CSCCC(=O)N[C@@H](CCCCN)C(=O)N[C@H](C)C(=O)N[C@@H](Cc2c[nH]c3ccc(F)cc23)C(=O)N[C@@H](Cc2c[nH]c3ccc(F)cc23)C(=O)N[C@H]2CC/C=C/CC[C@@H](C=O)NC2=O)c1. The minimum atomic E-state index is -1.47. The molecule has 1 saturated heterocycles. The van der Waals surface area contributed by atoms with Gasteiger partial charge in [0.15, 0.2) is 0 Å². The van der Waals surface area contributed by atoms with Crippen LogP contribution < -0.4 is 53.0 Å². The number of allylic oxidation sites excluding steroid dienone is 2. The standard InChI is InChI=1S/C71H90F2N12O10S2/c1-44(64(88)83-60(35-48-39-77-56-24-20-50(72)37-54(48)56)68(92)84-61(36-49-40-78-57-25-21-51(73)38-55(49)57)67(91)82-59-16-8-6-5-7-15-52(41-86)80-66(59)90)79-65(89)58(17-9-10-28-74)81-63(87)26-31-96-42-46-13-11-14-47(33-46)43-97-32-29-76-70(94)71(2)27-12-30-85(71)69(93)62(75-3)34-45-18-22-53(95-4)23-19-45/h5-6,11,13-14,18-25,33,37-41,44,52,58-62,75,77-78H,7-10,12,15-17,26-32,34-36,42-43,74H2,1-4H3,(H,76,94)(H,79,89)(H,80,90)(H,81,87)(H,82,91)(H,83,88)(H,84,92)/b6-5+/t44-,52+,58+,59+,60+,61+,62+,71+/m1/s1. The van der Waals surface area contributed by atoms with Gasteiger partial charge in [0.1, 0.15) is 59.4 Å². The summed E-state index contributed by atoms with van der Waals surface area (Å²) in [5.41, 5.74) is 9.95. The number of nitrogens with one attached hydrogen (secondary N) is 10. The number of nitrogens with zero attached hydrogens (tertiary/aromatic N) is 1. The number of carbonyl (C=O) groups excluding carboxylic acids is 9. The molecule has 97 heavy (non-hydrogen) atoms. The number of aromatic amines is 2. The summed E-state index contributed by atoms with van der Waals surface area (Å²) in [4.78, 5) is 132. The van der Waals surface area contributed by atoms with Crippen LogP contribution in [0.2, 0.25) is 0 Å². The van der Waals surface area contributed by atoms with Gasteiger partial charge in [-0.25, -0.2) is 8.78 Å². The van der Waals surface area contributed by atoms with E-state index in [9.17, 15) is 51.9 Å². The molecule has 2 aromatic heterocycles. The zero-order chi connectivity index (χ0) is 69.4. The highest BCUT2D eigenvalue weighted by Crippen LogP contribution is 2.31. The Kier molecular flexibility index (Phi) is 28.1. The van der Waals surface area contributed by atoms with E-state index in [1.165, 1.54) is 43.3 Å². The molecule has 0 bridgehead atoms. The number of halogens is 2. The van der Waals surface area contributed by atoms with Gasteiger partial charge in [-0.3, -0.25) is 38.4 Å². The highest BCUT2D eigenvalue weighted by molar-refractivity contribution is 7.98. The van der Waals surface area contributed by atoms with Crippen LogP contribution in [0, 0.1) is 11.6 Å². The van der Waals surface area contributed by atoms with Gasteiger partial charge in [-0.2, -0.15) is 23.5 Å². The molecule has 22 nitrogen and oxygen atoms in total. The van der Waals surface area contributed by atoms with Gasteiger partial charge in [0.05, 0.1) is 19.2 Å². The number of likely N-dealkylation sites (N-methyl/N-ethyl adjacent to an activating group) is 1. The number of amides is 8. The van der Waals surface area contributed by atoms with Gasteiger partial charge in [-0.1, -0.05) is 48.6 Å². The summed E-state index contributed by atoms with van der Waals surface area (Å²) in [6.07, 6.45) is 11.6. The zero-order valence-corrected chi connectivity index (χ0v) is 57.0. The summed E-state index contributed by atoms with van der Waals surface area (Å²) in [6.45, 7) is 4.54. The molecule has 2 aliphatic rings. The second-order valence-electron chi connectivity index (χ2n) is 24.8. The van der Waals surface area contributed by atoms with Crippen molar-refractivity contribution in [1.82, 2.24) is 57.4 Å². The summed E-state index contributed by atoms with van der Waals surface area (Å²) in [6, 6.07) is 16.2. The number of hydrogen-bond acceptors (Lipinski definition) is 14. The van der Waals surface area contributed by atoms with Crippen LogP contribution in [0.15, 0.2) is 109 Å². The van der Waals surface area contributed by atoms with Crippen molar-refractivity contribution >= 4 is 98.9 Å². The fourth-order valence-electron chi connectivity index (χ4n) is 12.1. The number of fused-ring (bicyclic) bond motifs is 2. The maximum atomic E-state index is 14.9. The summed E-state index contributed by atoms with van der Waals surface area (Å²) in [5.74, 6) is -2.33. The van der Waals surface area contributed by atoms with E-state index in [0.717, 1.165) is 28.9 Å². The molecule has 0 radical (unpaired) electrons. The van der Waals surface area contributed by atoms with E-state index in [2.05, 4.69) is 58.6 Å². The monoisotopic (exact) mass is 1370 g/mol. The molecule has 0 saturated carbocycles. The van der Waals surface area contributed by atoms with Crippen molar-refractivity contribution in [3.8, 4) is 5.75 Å². The lowest BCUT2D eigenvalue weighted by Crippen LogP contribution is -2.59. The average molecular weight is 1370 g/mol. The van der Waals surface area contributed by atoms with Crippen molar-refractivity contribution in [2.75, 3.05) is 45.3 Å². The molecular weight excluding hydrogens is 1280 g/mol. The number of thioether (sulfide) groups is 2. The smallest absolute Gasteiger partial charge is 0.245 e. The van der Waals surface area contributed by atoms with Gasteiger partial charge in [0, 0.05) is 89.6 Å². The van der Waals surface area contributed by atoms with E-state index in [4.69, 9.17) is 10.5 Å². The largest absolute Gasteiger partial charge is 0.497 e. The second-order valence-corrected chi connectivity index (χ2v) is 27.0. The van der Waals surface area contributed by atoms with Crippen LogP contribution >= 0.6 is 23.5 Å². The Balaban J connectivity index is 0.846. The number of hydrogen-bond donors (Lipinski definition) is 11. The molecule has 0 aliphatic carbocycles. The average Bonchev–Trinajstić information content (AvgIpc) is 1.70. The number of aldehydes is 1. The number of ether oxygens (including phenoxy) is 1. The molecule has 8 rings (SSSR count). The van der Waals surface area contributed by atoms with Crippen molar-refractivity contribution < 1.29 is 56.7 Å². The van der Waals surface area contributed by atoms with Gasteiger partial charge < -0.3 is 72.7 Å². The highest BCUT2D eigenvalue weighted by atomic mass is 32.2. The Labute approximate surface area is 572 Å². The van der Waals surface area contributed by atoms with Crippen LogP contribution in [-0.2, 0) is 73.9 Å². The van der Waals surface area contributed by atoms with Gasteiger partial charge >= 0.3 is 0 Å². The maximum absolute atomic E-state index is 14.9. The van der Waals surface area contributed by atoms with E-state index in [-0.39, 0.29) is 49.8 Å². The molecule has 6 aromatic rings. The van der Waals surface area contributed by atoms with E-state index >= 15 is 0 Å². The molecule has 0 unspecified atom stereocenters. The first-order chi connectivity index (χ1) is 46.8. The number of carbonyl (C=O) groups is 9. The van der Waals surface area contributed by atoms with Crippen LogP contribution in [0.25, 0.3) is 21.8 Å².